The maximum absolute atomic E-state index is 6.12. The zero-order valence-electron chi connectivity index (χ0n) is 12.1. The van der Waals surface area contributed by atoms with E-state index in [4.69, 9.17) is 11.6 Å². The summed E-state index contributed by atoms with van der Waals surface area (Å²) < 4.78 is 0. The van der Waals surface area contributed by atoms with E-state index in [1.54, 1.807) is 11.8 Å². The van der Waals surface area contributed by atoms with E-state index in [1.165, 1.54) is 20.9 Å². The Labute approximate surface area is 130 Å². The molecule has 2 aromatic carbocycles. The highest BCUT2D eigenvalue weighted by Gasteiger charge is 2.06. The minimum absolute atomic E-state index is 0.570. The van der Waals surface area contributed by atoms with E-state index in [2.05, 4.69) is 49.5 Å². The van der Waals surface area contributed by atoms with E-state index in [9.17, 15) is 0 Å². The Hall–Kier alpha value is -0.960. The Morgan fingerprint density at radius 3 is 2.40 bits per heavy atom. The highest BCUT2D eigenvalue weighted by atomic mass is 35.5. The van der Waals surface area contributed by atoms with Crippen LogP contribution in [0.25, 0.3) is 0 Å². The average molecular weight is 306 g/mol. The average Bonchev–Trinajstić information content (AvgIpc) is 2.42. The predicted octanol–water partition coefficient (Wildman–Crippen LogP) is 5.33. The second-order valence-corrected chi connectivity index (χ2v) is 6.66. The number of halogens is 1. The van der Waals surface area contributed by atoms with Crippen LogP contribution < -0.4 is 5.32 Å². The van der Waals surface area contributed by atoms with Crippen LogP contribution in [0.1, 0.15) is 30.9 Å². The Morgan fingerprint density at radius 2 is 1.80 bits per heavy atom. The van der Waals surface area contributed by atoms with Crippen molar-refractivity contribution in [3.8, 4) is 0 Å². The molecule has 106 valence electrons. The molecule has 1 N–H and O–H groups in total. The summed E-state index contributed by atoms with van der Waals surface area (Å²) in [6.07, 6.45) is 0. The smallest absolute Gasteiger partial charge is 0.0417 e. The maximum atomic E-state index is 6.12. The quantitative estimate of drug-likeness (QED) is 0.801. The molecule has 1 nitrogen and oxygen atoms in total. The number of rotatable bonds is 5. The van der Waals surface area contributed by atoms with Gasteiger partial charge in [-0.15, -0.1) is 0 Å². The van der Waals surface area contributed by atoms with Crippen molar-refractivity contribution in [2.75, 3.05) is 7.05 Å². The van der Waals surface area contributed by atoms with Gasteiger partial charge in [0.25, 0.3) is 0 Å². The highest BCUT2D eigenvalue weighted by Crippen LogP contribution is 2.33. The van der Waals surface area contributed by atoms with Crippen LogP contribution in [-0.4, -0.2) is 7.05 Å². The molecule has 0 radical (unpaired) electrons. The van der Waals surface area contributed by atoms with Gasteiger partial charge in [-0.3, -0.25) is 0 Å². The van der Waals surface area contributed by atoms with Crippen LogP contribution in [0.2, 0.25) is 5.02 Å². The Bertz CT molecular complexity index is 564. The summed E-state index contributed by atoms with van der Waals surface area (Å²) in [5.74, 6) is 0.570. The lowest BCUT2D eigenvalue weighted by Gasteiger charge is -2.11. The molecule has 3 heteroatoms. The first kappa shape index (κ1) is 15.4. The first-order chi connectivity index (χ1) is 9.60. The zero-order valence-corrected chi connectivity index (χ0v) is 13.7. The van der Waals surface area contributed by atoms with Crippen molar-refractivity contribution in [2.24, 2.45) is 0 Å². The van der Waals surface area contributed by atoms with Crippen molar-refractivity contribution < 1.29 is 0 Å². The van der Waals surface area contributed by atoms with Gasteiger partial charge in [-0.25, -0.2) is 0 Å². The summed E-state index contributed by atoms with van der Waals surface area (Å²) in [5.41, 5.74) is 2.64. The van der Waals surface area contributed by atoms with Gasteiger partial charge in [-0.1, -0.05) is 55.4 Å². The Morgan fingerprint density at radius 1 is 1.10 bits per heavy atom. The molecule has 0 aliphatic rings. The second-order valence-electron chi connectivity index (χ2n) is 5.11. The molecule has 0 unspecified atom stereocenters. The van der Waals surface area contributed by atoms with Gasteiger partial charge in [-0.05, 0) is 48.4 Å². The molecule has 0 heterocycles. The van der Waals surface area contributed by atoms with Crippen molar-refractivity contribution in [1.29, 1.82) is 0 Å². The molecule has 0 saturated heterocycles. The highest BCUT2D eigenvalue weighted by molar-refractivity contribution is 7.99. The third-order valence-corrected chi connectivity index (χ3v) is 4.51. The van der Waals surface area contributed by atoms with Gasteiger partial charge in [0.15, 0.2) is 0 Å². The molecule has 0 aromatic heterocycles. The zero-order chi connectivity index (χ0) is 14.5. The Kier molecular flexibility index (Phi) is 5.53. The first-order valence-electron chi connectivity index (χ1n) is 6.81. The van der Waals surface area contributed by atoms with E-state index in [-0.39, 0.29) is 0 Å². The SMILES string of the molecule is CNCc1ccc(Cl)cc1Sc1ccc(C(C)C)cc1. The fourth-order valence-corrected chi connectivity index (χ4v) is 3.23. The van der Waals surface area contributed by atoms with Crippen LogP contribution in [0.3, 0.4) is 0 Å². The van der Waals surface area contributed by atoms with E-state index in [0.717, 1.165) is 11.6 Å². The predicted molar refractivity (Wildman–Crippen MR) is 88.9 cm³/mol. The normalized spacial score (nSPS) is 11.1. The van der Waals surface area contributed by atoms with Gasteiger partial charge in [-0.2, -0.15) is 0 Å². The molecule has 2 aromatic rings. The number of benzene rings is 2. The van der Waals surface area contributed by atoms with Gasteiger partial charge >= 0.3 is 0 Å². The van der Waals surface area contributed by atoms with E-state index in [0.29, 0.717) is 5.92 Å². The van der Waals surface area contributed by atoms with Gasteiger partial charge in [0.05, 0.1) is 0 Å². The van der Waals surface area contributed by atoms with Crippen LogP contribution in [0.5, 0.6) is 0 Å². The molecular formula is C17H20ClNS. The summed E-state index contributed by atoms with van der Waals surface area (Å²) >= 11 is 7.88. The summed E-state index contributed by atoms with van der Waals surface area (Å²) in [7, 11) is 1.96. The molecule has 20 heavy (non-hydrogen) atoms. The van der Waals surface area contributed by atoms with E-state index in [1.807, 2.05) is 19.2 Å². The van der Waals surface area contributed by atoms with Gasteiger partial charge in [0.1, 0.15) is 0 Å². The summed E-state index contributed by atoms with van der Waals surface area (Å²) in [6, 6.07) is 14.8. The molecule has 0 amide bonds. The third-order valence-electron chi connectivity index (χ3n) is 3.17. The van der Waals surface area contributed by atoms with Gasteiger partial charge in [0.2, 0.25) is 0 Å². The standard InChI is InChI=1S/C17H20ClNS/c1-12(2)13-5-8-16(9-6-13)20-17-10-15(18)7-4-14(17)11-19-3/h4-10,12,19H,11H2,1-3H3. The van der Waals surface area contributed by atoms with Gasteiger partial charge < -0.3 is 5.32 Å². The molecule has 0 aliphatic heterocycles. The van der Waals surface area contributed by atoms with Crippen molar-refractivity contribution in [1.82, 2.24) is 5.32 Å². The lowest BCUT2D eigenvalue weighted by molar-refractivity contribution is 0.803. The molecule has 2 rings (SSSR count). The molecule has 0 aliphatic carbocycles. The number of hydrogen-bond donors (Lipinski definition) is 1. The molecule has 0 atom stereocenters. The van der Waals surface area contributed by atoms with E-state index >= 15 is 0 Å². The topological polar surface area (TPSA) is 12.0 Å². The van der Waals surface area contributed by atoms with E-state index < -0.39 is 0 Å². The monoisotopic (exact) mass is 305 g/mol. The lowest BCUT2D eigenvalue weighted by atomic mass is 10.0. The first-order valence-corrected chi connectivity index (χ1v) is 8.00. The fraction of sp³-hybridized carbons (Fsp3) is 0.294. The van der Waals surface area contributed by atoms with Crippen LogP contribution in [0.15, 0.2) is 52.3 Å². The lowest BCUT2D eigenvalue weighted by Crippen LogP contribution is -2.05. The molecular weight excluding hydrogens is 286 g/mol. The van der Waals surface area contributed by atoms with Crippen LogP contribution in [0, 0.1) is 0 Å². The van der Waals surface area contributed by atoms with Crippen molar-refractivity contribution in [3.63, 3.8) is 0 Å². The molecule has 0 bridgehead atoms. The van der Waals surface area contributed by atoms with Crippen LogP contribution in [0.4, 0.5) is 0 Å². The van der Waals surface area contributed by atoms with Crippen molar-refractivity contribution in [2.45, 2.75) is 36.1 Å². The largest absolute Gasteiger partial charge is 0.316 e. The Balaban J connectivity index is 2.22. The maximum Gasteiger partial charge on any atom is 0.0417 e. The fourth-order valence-electron chi connectivity index (χ4n) is 2.01. The van der Waals surface area contributed by atoms with Crippen LogP contribution >= 0.6 is 23.4 Å². The minimum atomic E-state index is 0.570. The van der Waals surface area contributed by atoms with Crippen molar-refractivity contribution in [3.05, 3.63) is 58.6 Å². The third kappa shape index (κ3) is 4.02. The van der Waals surface area contributed by atoms with Crippen LogP contribution in [-0.2, 0) is 6.54 Å². The minimum Gasteiger partial charge on any atom is -0.316 e. The van der Waals surface area contributed by atoms with Crippen molar-refractivity contribution >= 4 is 23.4 Å². The number of nitrogens with one attached hydrogen (secondary N) is 1. The molecule has 0 saturated carbocycles. The summed E-state index contributed by atoms with van der Waals surface area (Å²) in [4.78, 5) is 2.46. The molecule has 0 spiro atoms. The summed E-state index contributed by atoms with van der Waals surface area (Å²) in [5, 5.41) is 3.98. The summed E-state index contributed by atoms with van der Waals surface area (Å²) in [6.45, 7) is 5.28. The van der Waals surface area contributed by atoms with Gasteiger partial charge in [0, 0.05) is 21.4 Å². The number of hydrogen-bond acceptors (Lipinski definition) is 2. The molecule has 0 fully saturated rings. The second kappa shape index (κ2) is 7.16.